The van der Waals surface area contributed by atoms with Gasteiger partial charge in [-0.2, -0.15) is 0 Å². The first-order chi connectivity index (χ1) is 23.0. The van der Waals surface area contributed by atoms with E-state index in [-0.39, 0.29) is 5.92 Å². The summed E-state index contributed by atoms with van der Waals surface area (Å²) >= 11 is 3.66. The molecule has 1 heterocycles. The molecule has 244 valence electrons. The van der Waals surface area contributed by atoms with Gasteiger partial charge in [-0.1, -0.05) is 118 Å². The molecule has 1 aliphatic carbocycles. The molecule has 1 aromatic heterocycles. The second-order valence-corrected chi connectivity index (χ2v) is 12.6. The summed E-state index contributed by atoms with van der Waals surface area (Å²) in [5.41, 5.74) is 3.58. The first kappa shape index (κ1) is 34.0. The summed E-state index contributed by atoms with van der Waals surface area (Å²) < 4.78 is 13.8. The summed E-state index contributed by atoms with van der Waals surface area (Å²) in [6.45, 7) is 3.07. The molecule has 5 rings (SSSR count). The molecular formula is C39H42BrN3O4. The Hall–Kier alpha value is -4.30. The van der Waals surface area contributed by atoms with Crippen LogP contribution in [0.2, 0.25) is 0 Å². The number of hydrogen-bond acceptors (Lipinski definition) is 6. The molecule has 0 aliphatic heterocycles. The van der Waals surface area contributed by atoms with Crippen LogP contribution in [-0.2, 0) is 6.54 Å². The minimum atomic E-state index is -0.489. The number of ether oxygens (including phenoxy) is 2. The second-order valence-electron chi connectivity index (χ2n) is 11.9. The number of carbonyl (C=O) groups is 2. The van der Waals surface area contributed by atoms with Crippen LogP contribution in [0.4, 0.5) is 0 Å². The standard InChI is InChI=1S/C39H42BrN3O4/c1-2-3-4-5-6-7-8-9-10-13-28-43-37(40)36(41-42-43)31-18-22-33(23-19-31)39(45)47-35-26-24-34(25-27-35)46-38(44)32-20-16-30(17-21-32)29-14-11-12-15-29/h11-12,14-27,29H,2-10,13,28H2,1H3. The lowest BCUT2D eigenvalue weighted by atomic mass is 10.00. The van der Waals surface area contributed by atoms with Crippen LogP contribution < -0.4 is 9.47 Å². The molecule has 0 unspecified atom stereocenters. The van der Waals surface area contributed by atoms with E-state index in [0.29, 0.717) is 22.6 Å². The number of carbonyl (C=O) groups excluding carboxylic acids is 2. The Morgan fingerprint density at radius 2 is 1.17 bits per heavy atom. The number of hydrogen-bond donors (Lipinski definition) is 0. The fraction of sp³-hybridized carbons (Fsp3) is 0.333. The van der Waals surface area contributed by atoms with E-state index in [1.807, 2.05) is 41.1 Å². The fourth-order valence-electron chi connectivity index (χ4n) is 5.54. The average Bonchev–Trinajstić information content (AvgIpc) is 3.77. The number of rotatable bonds is 17. The van der Waals surface area contributed by atoms with E-state index in [9.17, 15) is 9.59 Å². The van der Waals surface area contributed by atoms with Gasteiger partial charge in [0.05, 0.1) is 11.1 Å². The second kappa shape index (κ2) is 17.6. The molecule has 0 spiro atoms. The fourth-order valence-corrected chi connectivity index (χ4v) is 6.09. The lowest BCUT2D eigenvalue weighted by Crippen LogP contribution is -2.09. The highest BCUT2D eigenvalue weighted by Gasteiger charge is 2.15. The maximum Gasteiger partial charge on any atom is 0.343 e. The predicted octanol–water partition coefficient (Wildman–Crippen LogP) is 10.3. The lowest BCUT2D eigenvalue weighted by Gasteiger charge is -2.09. The number of aryl methyl sites for hydroxylation is 1. The SMILES string of the molecule is CCCCCCCCCCCCn1nnc(-c2ccc(C(=O)Oc3ccc(OC(=O)c4ccc(C5C=CC=C5)cc4)cc3)cc2)c1Br. The summed E-state index contributed by atoms with van der Waals surface area (Å²) in [5.74, 6) is -0.00177. The van der Waals surface area contributed by atoms with Crippen LogP contribution in [0.25, 0.3) is 11.3 Å². The zero-order valence-corrected chi connectivity index (χ0v) is 28.5. The minimum Gasteiger partial charge on any atom is -0.423 e. The Kier molecular flexibility index (Phi) is 12.7. The summed E-state index contributed by atoms with van der Waals surface area (Å²) in [6, 6.07) is 20.9. The van der Waals surface area contributed by atoms with Crippen molar-refractivity contribution in [1.82, 2.24) is 15.0 Å². The van der Waals surface area contributed by atoms with Gasteiger partial charge < -0.3 is 9.47 Å². The van der Waals surface area contributed by atoms with Crippen LogP contribution in [0, 0.1) is 0 Å². The van der Waals surface area contributed by atoms with Crippen molar-refractivity contribution in [2.75, 3.05) is 0 Å². The van der Waals surface area contributed by atoms with Crippen molar-refractivity contribution in [2.24, 2.45) is 0 Å². The number of nitrogens with zero attached hydrogens (tertiary/aromatic N) is 3. The van der Waals surface area contributed by atoms with Crippen LogP contribution in [0.15, 0.2) is 102 Å². The van der Waals surface area contributed by atoms with E-state index in [1.54, 1.807) is 48.5 Å². The van der Waals surface area contributed by atoms with Gasteiger partial charge in [-0.25, -0.2) is 14.3 Å². The molecule has 0 atom stereocenters. The summed E-state index contributed by atoms with van der Waals surface area (Å²) in [4.78, 5) is 25.4. The Morgan fingerprint density at radius 3 is 1.70 bits per heavy atom. The Labute approximate surface area is 285 Å². The molecule has 47 heavy (non-hydrogen) atoms. The summed E-state index contributed by atoms with van der Waals surface area (Å²) in [6.07, 6.45) is 21.1. The molecule has 3 aromatic carbocycles. The maximum atomic E-state index is 12.8. The number of benzene rings is 3. The van der Waals surface area contributed by atoms with Crippen LogP contribution >= 0.6 is 15.9 Å². The minimum absolute atomic E-state index is 0.237. The van der Waals surface area contributed by atoms with Gasteiger partial charge in [0.2, 0.25) is 0 Å². The molecule has 0 amide bonds. The molecule has 4 aromatic rings. The monoisotopic (exact) mass is 695 g/mol. The number of aromatic nitrogens is 3. The molecule has 0 fully saturated rings. The van der Waals surface area contributed by atoms with Crippen LogP contribution in [0.1, 0.15) is 103 Å². The Bertz CT molecular complexity index is 1650. The first-order valence-electron chi connectivity index (χ1n) is 16.7. The highest BCUT2D eigenvalue weighted by molar-refractivity contribution is 9.10. The topological polar surface area (TPSA) is 83.3 Å². The highest BCUT2D eigenvalue weighted by Crippen LogP contribution is 2.28. The zero-order chi connectivity index (χ0) is 32.8. The van der Waals surface area contributed by atoms with Crippen molar-refractivity contribution in [1.29, 1.82) is 0 Å². The van der Waals surface area contributed by atoms with Gasteiger partial charge in [0.25, 0.3) is 0 Å². The van der Waals surface area contributed by atoms with E-state index in [1.165, 1.54) is 57.8 Å². The summed E-state index contributed by atoms with van der Waals surface area (Å²) in [5, 5.41) is 8.70. The molecule has 0 saturated heterocycles. The van der Waals surface area contributed by atoms with Crippen molar-refractivity contribution < 1.29 is 19.1 Å². The van der Waals surface area contributed by atoms with Crippen molar-refractivity contribution in [3.05, 3.63) is 118 Å². The van der Waals surface area contributed by atoms with E-state index < -0.39 is 11.9 Å². The largest absolute Gasteiger partial charge is 0.423 e. The maximum absolute atomic E-state index is 12.8. The van der Waals surface area contributed by atoms with E-state index >= 15 is 0 Å². The Balaban J connectivity index is 1.06. The van der Waals surface area contributed by atoms with Gasteiger partial charge in [-0.05, 0) is 76.4 Å². The molecule has 7 nitrogen and oxygen atoms in total. The van der Waals surface area contributed by atoms with E-state index in [2.05, 4.69) is 45.3 Å². The predicted molar refractivity (Wildman–Crippen MR) is 189 cm³/mol. The van der Waals surface area contributed by atoms with Gasteiger partial charge in [-0.15, -0.1) is 5.10 Å². The van der Waals surface area contributed by atoms with Gasteiger partial charge >= 0.3 is 11.9 Å². The number of esters is 2. The van der Waals surface area contributed by atoms with Crippen molar-refractivity contribution in [3.8, 4) is 22.8 Å². The molecule has 0 saturated carbocycles. The molecule has 0 N–H and O–H groups in total. The molecule has 0 radical (unpaired) electrons. The van der Waals surface area contributed by atoms with Gasteiger partial charge in [0.15, 0.2) is 0 Å². The first-order valence-corrected chi connectivity index (χ1v) is 17.5. The average molecular weight is 697 g/mol. The van der Waals surface area contributed by atoms with Gasteiger partial charge in [0, 0.05) is 18.0 Å². The van der Waals surface area contributed by atoms with Crippen LogP contribution in [0.3, 0.4) is 0 Å². The number of halogens is 1. The van der Waals surface area contributed by atoms with Crippen LogP contribution in [-0.4, -0.2) is 26.9 Å². The number of allylic oxidation sites excluding steroid dienone is 4. The third-order valence-corrected chi connectivity index (χ3v) is 9.10. The van der Waals surface area contributed by atoms with Gasteiger partial charge in [0.1, 0.15) is 21.8 Å². The van der Waals surface area contributed by atoms with E-state index in [0.717, 1.165) is 34.4 Å². The molecule has 8 heteroatoms. The van der Waals surface area contributed by atoms with Gasteiger partial charge in [-0.3, -0.25) is 0 Å². The highest BCUT2D eigenvalue weighted by atomic mass is 79.9. The quantitative estimate of drug-likeness (QED) is 0.0621. The molecule has 0 bridgehead atoms. The molecular weight excluding hydrogens is 654 g/mol. The Morgan fingerprint density at radius 1 is 0.681 bits per heavy atom. The third-order valence-electron chi connectivity index (χ3n) is 8.32. The molecule has 1 aliphatic rings. The third kappa shape index (κ3) is 9.85. The lowest BCUT2D eigenvalue weighted by molar-refractivity contribution is 0.0719. The van der Waals surface area contributed by atoms with Crippen molar-refractivity contribution >= 4 is 27.9 Å². The van der Waals surface area contributed by atoms with E-state index in [4.69, 9.17) is 9.47 Å². The smallest absolute Gasteiger partial charge is 0.343 e. The number of unbranched alkanes of at least 4 members (excludes halogenated alkanes) is 9. The van der Waals surface area contributed by atoms with Crippen molar-refractivity contribution in [2.45, 2.75) is 83.6 Å². The zero-order valence-electron chi connectivity index (χ0n) is 26.9. The van der Waals surface area contributed by atoms with Crippen molar-refractivity contribution in [3.63, 3.8) is 0 Å². The summed E-state index contributed by atoms with van der Waals surface area (Å²) in [7, 11) is 0. The normalized spacial score (nSPS) is 12.5. The van der Waals surface area contributed by atoms with Crippen LogP contribution in [0.5, 0.6) is 11.5 Å².